The molecule has 0 radical (unpaired) electrons. The summed E-state index contributed by atoms with van der Waals surface area (Å²) in [5, 5.41) is 14.3. The highest BCUT2D eigenvalue weighted by molar-refractivity contribution is 5.87. The van der Waals surface area contributed by atoms with Crippen molar-refractivity contribution in [2.24, 2.45) is 0 Å². The van der Waals surface area contributed by atoms with Crippen LogP contribution in [0.3, 0.4) is 0 Å². The van der Waals surface area contributed by atoms with Crippen LogP contribution in [0.1, 0.15) is 33.6 Å². The average Bonchev–Trinajstić information content (AvgIpc) is 2.17. The van der Waals surface area contributed by atoms with Crippen LogP contribution in [0.2, 0.25) is 0 Å². The lowest BCUT2D eigenvalue weighted by Crippen LogP contribution is -2.53. The van der Waals surface area contributed by atoms with E-state index in [0.717, 1.165) is 13.0 Å². The van der Waals surface area contributed by atoms with E-state index in [1.807, 2.05) is 6.92 Å². The molecule has 0 aliphatic carbocycles. The number of carbonyl (C=O) groups excluding carboxylic acids is 1. The average molecular weight is 216 g/mol. The predicted octanol–water partition coefficient (Wildman–Crippen LogP) is 0.355. The first-order valence-corrected chi connectivity index (χ1v) is 5.21. The van der Waals surface area contributed by atoms with Gasteiger partial charge in [-0.05, 0) is 26.3 Å². The van der Waals surface area contributed by atoms with Crippen LogP contribution >= 0.6 is 0 Å². The molecule has 3 N–H and O–H groups in total. The van der Waals surface area contributed by atoms with Crippen molar-refractivity contribution in [2.75, 3.05) is 13.1 Å². The van der Waals surface area contributed by atoms with Crippen LogP contribution in [-0.2, 0) is 9.59 Å². The van der Waals surface area contributed by atoms with E-state index < -0.39 is 11.5 Å². The molecule has 0 aliphatic heterocycles. The second kappa shape index (κ2) is 6.40. The van der Waals surface area contributed by atoms with Crippen molar-refractivity contribution < 1.29 is 14.7 Å². The molecule has 0 bridgehead atoms. The molecule has 1 unspecified atom stereocenters. The third-order valence-electron chi connectivity index (χ3n) is 2.31. The Labute approximate surface area is 90.2 Å². The standard InChI is InChI=1S/C10H20N2O3/c1-4-6-11-7-8(13)12-10(3,5-2)9(14)15/h11H,4-7H2,1-3H3,(H,12,13)(H,14,15). The summed E-state index contributed by atoms with van der Waals surface area (Å²) >= 11 is 0. The summed E-state index contributed by atoms with van der Waals surface area (Å²) in [5.41, 5.74) is -1.16. The largest absolute Gasteiger partial charge is 0.480 e. The van der Waals surface area contributed by atoms with Crippen LogP contribution in [-0.4, -0.2) is 35.6 Å². The lowest BCUT2D eigenvalue weighted by Gasteiger charge is -2.24. The Hall–Kier alpha value is -1.10. The van der Waals surface area contributed by atoms with E-state index in [2.05, 4.69) is 10.6 Å². The summed E-state index contributed by atoms with van der Waals surface area (Å²) in [4.78, 5) is 22.2. The summed E-state index contributed by atoms with van der Waals surface area (Å²) in [6, 6.07) is 0. The molecule has 0 aromatic rings. The molecule has 0 rings (SSSR count). The lowest BCUT2D eigenvalue weighted by atomic mass is 9.99. The summed E-state index contributed by atoms with van der Waals surface area (Å²) in [6.45, 7) is 6.15. The normalized spacial score (nSPS) is 14.3. The van der Waals surface area contributed by atoms with E-state index in [9.17, 15) is 9.59 Å². The van der Waals surface area contributed by atoms with Crippen molar-refractivity contribution >= 4 is 11.9 Å². The van der Waals surface area contributed by atoms with Gasteiger partial charge in [0.05, 0.1) is 6.54 Å². The third-order valence-corrected chi connectivity index (χ3v) is 2.31. The van der Waals surface area contributed by atoms with Gasteiger partial charge >= 0.3 is 5.97 Å². The Kier molecular flexibility index (Phi) is 5.93. The number of amides is 1. The molecule has 15 heavy (non-hydrogen) atoms. The van der Waals surface area contributed by atoms with Gasteiger partial charge in [0.1, 0.15) is 5.54 Å². The van der Waals surface area contributed by atoms with Crippen LogP contribution < -0.4 is 10.6 Å². The number of hydrogen-bond acceptors (Lipinski definition) is 3. The minimum absolute atomic E-state index is 0.163. The first-order chi connectivity index (χ1) is 6.96. The van der Waals surface area contributed by atoms with E-state index in [4.69, 9.17) is 5.11 Å². The minimum atomic E-state index is -1.16. The molecule has 88 valence electrons. The van der Waals surface area contributed by atoms with Crippen LogP contribution in [0.4, 0.5) is 0 Å². The Bertz CT molecular complexity index is 231. The van der Waals surface area contributed by atoms with Crippen LogP contribution in [0.5, 0.6) is 0 Å². The highest BCUT2D eigenvalue weighted by Gasteiger charge is 2.32. The molecule has 0 aromatic carbocycles. The smallest absolute Gasteiger partial charge is 0.329 e. The minimum Gasteiger partial charge on any atom is -0.480 e. The number of carboxylic acids is 1. The van der Waals surface area contributed by atoms with Gasteiger partial charge in [0, 0.05) is 0 Å². The Balaban J connectivity index is 4.08. The van der Waals surface area contributed by atoms with Gasteiger partial charge in [-0.1, -0.05) is 13.8 Å². The first kappa shape index (κ1) is 13.9. The maximum Gasteiger partial charge on any atom is 0.329 e. The maximum atomic E-state index is 11.4. The molecule has 1 amide bonds. The summed E-state index contributed by atoms with van der Waals surface area (Å²) in [5.74, 6) is -1.29. The molecule has 0 fully saturated rings. The van der Waals surface area contributed by atoms with Crippen molar-refractivity contribution in [3.8, 4) is 0 Å². The van der Waals surface area contributed by atoms with Crippen molar-refractivity contribution in [3.63, 3.8) is 0 Å². The third kappa shape index (κ3) is 4.78. The zero-order chi connectivity index (χ0) is 11.9. The van der Waals surface area contributed by atoms with Gasteiger partial charge in [0.25, 0.3) is 0 Å². The molecule has 0 heterocycles. The highest BCUT2D eigenvalue weighted by atomic mass is 16.4. The van der Waals surface area contributed by atoms with Gasteiger partial charge in [-0.15, -0.1) is 0 Å². The van der Waals surface area contributed by atoms with E-state index in [1.54, 1.807) is 6.92 Å². The molecule has 0 spiro atoms. The second-order valence-electron chi connectivity index (χ2n) is 3.72. The summed E-state index contributed by atoms with van der Waals surface area (Å²) in [7, 11) is 0. The monoisotopic (exact) mass is 216 g/mol. The lowest BCUT2D eigenvalue weighted by molar-refractivity contribution is -0.146. The number of nitrogens with one attached hydrogen (secondary N) is 2. The van der Waals surface area contributed by atoms with E-state index >= 15 is 0 Å². The molecule has 0 saturated heterocycles. The SMILES string of the molecule is CCCNCC(=O)NC(C)(CC)C(=O)O. The van der Waals surface area contributed by atoms with Crippen molar-refractivity contribution in [1.82, 2.24) is 10.6 Å². The number of aliphatic carboxylic acids is 1. The molecule has 0 aromatic heterocycles. The van der Waals surface area contributed by atoms with Crippen molar-refractivity contribution in [2.45, 2.75) is 39.2 Å². The fourth-order valence-electron chi connectivity index (χ4n) is 1.02. The Morgan fingerprint density at radius 1 is 1.33 bits per heavy atom. The molecule has 5 nitrogen and oxygen atoms in total. The Morgan fingerprint density at radius 3 is 2.33 bits per heavy atom. The highest BCUT2D eigenvalue weighted by Crippen LogP contribution is 2.08. The molecular formula is C10H20N2O3. The zero-order valence-electron chi connectivity index (χ0n) is 9.59. The fourth-order valence-corrected chi connectivity index (χ4v) is 1.02. The summed E-state index contributed by atoms with van der Waals surface area (Å²) in [6.07, 6.45) is 1.30. The molecule has 1 atom stereocenters. The van der Waals surface area contributed by atoms with Gasteiger partial charge < -0.3 is 15.7 Å². The van der Waals surface area contributed by atoms with Gasteiger partial charge in [-0.2, -0.15) is 0 Å². The zero-order valence-corrected chi connectivity index (χ0v) is 9.59. The number of carboxylic acid groups (broad SMARTS) is 1. The number of carbonyl (C=O) groups is 2. The van der Waals surface area contributed by atoms with Gasteiger partial charge in [-0.25, -0.2) is 4.79 Å². The topological polar surface area (TPSA) is 78.4 Å². The van der Waals surface area contributed by atoms with E-state index in [0.29, 0.717) is 6.42 Å². The molecule has 5 heteroatoms. The van der Waals surface area contributed by atoms with Crippen molar-refractivity contribution in [3.05, 3.63) is 0 Å². The molecular weight excluding hydrogens is 196 g/mol. The fraction of sp³-hybridized carbons (Fsp3) is 0.800. The maximum absolute atomic E-state index is 11.4. The van der Waals surface area contributed by atoms with Gasteiger partial charge in [0.15, 0.2) is 0 Å². The van der Waals surface area contributed by atoms with E-state index in [-0.39, 0.29) is 12.5 Å². The second-order valence-corrected chi connectivity index (χ2v) is 3.72. The quantitative estimate of drug-likeness (QED) is 0.537. The number of hydrogen-bond donors (Lipinski definition) is 3. The van der Waals surface area contributed by atoms with Crippen LogP contribution in [0, 0.1) is 0 Å². The van der Waals surface area contributed by atoms with Gasteiger partial charge in [-0.3, -0.25) is 4.79 Å². The predicted molar refractivity (Wildman–Crippen MR) is 57.6 cm³/mol. The first-order valence-electron chi connectivity index (χ1n) is 5.21. The molecule has 0 saturated carbocycles. The Morgan fingerprint density at radius 2 is 1.93 bits per heavy atom. The van der Waals surface area contributed by atoms with Crippen LogP contribution in [0.15, 0.2) is 0 Å². The van der Waals surface area contributed by atoms with E-state index in [1.165, 1.54) is 6.92 Å². The van der Waals surface area contributed by atoms with Crippen molar-refractivity contribution in [1.29, 1.82) is 0 Å². The molecule has 0 aliphatic rings. The number of rotatable bonds is 7. The van der Waals surface area contributed by atoms with Gasteiger partial charge in [0.2, 0.25) is 5.91 Å². The van der Waals surface area contributed by atoms with Crippen LogP contribution in [0.25, 0.3) is 0 Å². The summed E-state index contributed by atoms with van der Waals surface area (Å²) < 4.78 is 0.